The van der Waals surface area contributed by atoms with Crippen molar-refractivity contribution in [2.45, 2.75) is 57.4 Å². The van der Waals surface area contributed by atoms with Crippen LogP contribution in [0.15, 0.2) is 0 Å². The van der Waals surface area contributed by atoms with Crippen LogP contribution >= 0.6 is 23.4 Å². The molecule has 3 nitrogen and oxygen atoms in total. The van der Waals surface area contributed by atoms with Crippen molar-refractivity contribution >= 4 is 23.4 Å². The SMILES string of the molecule is CCn1nc(C)c(Cl)c1CNCC1(SC)CCCC1. The molecule has 0 aromatic carbocycles. The molecule has 1 aromatic rings. The minimum absolute atomic E-state index is 0.443. The summed E-state index contributed by atoms with van der Waals surface area (Å²) in [4.78, 5) is 0. The number of aryl methyl sites for hydroxylation is 2. The molecule has 0 atom stereocenters. The molecule has 1 fully saturated rings. The van der Waals surface area contributed by atoms with Crippen LogP contribution in [0.3, 0.4) is 0 Å². The molecule has 1 aliphatic rings. The van der Waals surface area contributed by atoms with Crippen LogP contribution in [0.4, 0.5) is 0 Å². The predicted octanol–water partition coefficient (Wildman–Crippen LogP) is 3.63. The molecule has 19 heavy (non-hydrogen) atoms. The molecule has 108 valence electrons. The molecule has 1 aromatic heterocycles. The van der Waals surface area contributed by atoms with Crippen molar-refractivity contribution in [3.05, 3.63) is 16.4 Å². The molecule has 1 heterocycles. The number of thioether (sulfide) groups is 1. The van der Waals surface area contributed by atoms with Crippen molar-refractivity contribution in [3.63, 3.8) is 0 Å². The molecule has 2 rings (SSSR count). The Bertz CT molecular complexity index is 425. The monoisotopic (exact) mass is 301 g/mol. The Morgan fingerprint density at radius 1 is 1.42 bits per heavy atom. The van der Waals surface area contributed by atoms with Crippen LogP contribution in [0.25, 0.3) is 0 Å². The number of hydrogen-bond acceptors (Lipinski definition) is 3. The molecule has 0 aliphatic heterocycles. The lowest BCUT2D eigenvalue weighted by Gasteiger charge is -2.27. The Labute approximate surface area is 125 Å². The van der Waals surface area contributed by atoms with Gasteiger partial charge in [-0.3, -0.25) is 4.68 Å². The van der Waals surface area contributed by atoms with E-state index in [9.17, 15) is 0 Å². The minimum Gasteiger partial charge on any atom is -0.310 e. The fourth-order valence-corrected chi connectivity index (χ4v) is 4.06. The summed E-state index contributed by atoms with van der Waals surface area (Å²) in [6.45, 7) is 6.83. The van der Waals surface area contributed by atoms with Crippen molar-refractivity contribution in [3.8, 4) is 0 Å². The maximum atomic E-state index is 6.33. The second kappa shape index (κ2) is 6.51. The Morgan fingerprint density at radius 2 is 2.11 bits per heavy atom. The number of rotatable bonds is 6. The van der Waals surface area contributed by atoms with E-state index in [0.717, 1.165) is 36.0 Å². The second-order valence-corrected chi connectivity index (χ2v) is 7.01. The Balaban J connectivity index is 1.95. The highest BCUT2D eigenvalue weighted by molar-refractivity contribution is 8.00. The molecule has 1 saturated carbocycles. The van der Waals surface area contributed by atoms with E-state index >= 15 is 0 Å². The van der Waals surface area contributed by atoms with E-state index in [1.165, 1.54) is 25.7 Å². The van der Waals surface area contributed by atoms with E-state index in [1.54, 1.807) is 0 Å². The number of halogens is 1. The predicted molar refractivity (Wildman–Crippen MR) is 84.1 cm³/mol. The summed E-state index contributed by atoms with van der Waals surface area (Å²) in [5.74, 6) is 0. The smallest absolute Gasteiger partial charge is 0.0860 e. The van der Waals surface area contributed by atoms with Crippen molar-refractivity contribution < 1.29 is 0 Å². The van der Waals surface area contributed by atoms with Crippen LogP contribution in [0.1, 0.15) is 44.0 Å². The Morgan fingerprint density at radius 3 is 2.68 bits per heavy atom. The van der Waals surface area contributed by atoms with Gasteiger partial charge in [0.2, 0.25) is 0 Å². The standard InChI is InChI=1S/C14H24ClN3S/c1-4-18-12(13(15)11(2)17-18)9-16-10-14(19-3)7-5-6-8-14/h16H,4-10H2,1-3H3. The first-order valence-corrected chi connectivity index (χ1v) is 8.70. The van der Waals surface area contributed by atoms with Gasteiger partial charge >= 0.3 is 0 Å². The van der Waals surface area contributed by atoms with Gasteiger partial charge in [-0.15, -0.1) is 0 Å². The third kappa shape index (κ3) is 3.29. The normalized spacial score (nSPS) is 18.1. The van der Waals surface area contributed by atoms with Gasteiger partial charge < -0.3 is 5.32 Å². The van der Waals surface area contributed by atoms with Gasteiger partial charge in [0.25, 0.3) is 0 Å². The highest BCUT2D eigenvalue weighted by Crippen LogP contribution is 2.39. The van der Waals surface area contributed by atoms with Gasteiger partial charge in [-0.1, -0.05) is 24.4 Å². The summed E-state index contributed by atoms with van der Waals surface area (Å²) in [7, 11) is 0. The fraction of sp³-hybridized carbons (Fsp3) is 0.786. The van der Waals surface area contributed by atoms with E-state index in [2.05, 4.69) is 23.6 Å². The molecule has 5 heteroatoms. The van der Waals surface area contributed by atoms with Crippen LogP contribution in [-0.4, -0.2) is 27.3 Å². The average molecular weight is 302 g/mol. The topological polar surface area (TPSA) is 29.9 Å². The molecule has 0 saturated heterocycles. The summed E-state index contributed by atoms with van der Waals surface area (Å²) in [6, 6.07) is 0. The second-order valence-electron chi connectivity index (χ2n) is 5.36. The highest BCUT2D eigenvalue weighted by Gasteiger charge is 2.32. The maximum absolute atomic E-state index is 6.33. The highest BCUT2D eigenvalue weighted by atomic mass is 35.5. The van der Waals surface area contributed by atoms with Crippen molar-refractivity contribution in [1.82, 2.24) is 15.1 Å². The average Bonchev–Trinajstić information content (AvgIpc) is 2.99. The Kier molecular flexibility index (Phi) is 5.21. The molecular weight excluding hydrogens is 278 g/mol. The first-order valence-electron chi connectivity index (χ1n) is 7.09. The largest absolute Gasteiger partial charge is 0.310 e. The maximum Gasteiger partial charge on any atom is 0.0860 e. The summed E-state index contributed by atoms with van der Waals surface area (Å²) in [6.07, 6.45) is 7.65. The van der Waals surface area contributed by atoms with E-state index in [0.29, 0.717) is 4.75 Å². The molecule has 0 radical (unpaired) electrons. The molecule has 0 bridgehead atoms. The van der Waals surface area contributed by atoms with Gasteiger partial charge in [0, 0.05) is 24.4 Å². The quantitative estimate of drug-likeness (QED) is 0.870. The van der Waals surface area contributed by atoms with Gasteiger partial charge in [-0.2, -0.15) is 16.9 Å². The summed E-state index contributed by atoms with van der Waals surface area (Å²) < 4.78 is 2.45. The lowest BCUT2D eigenvalue weighted by molar-refractivity contribution is 0.513. The fourth-order valence-electron chi connectivity index (χ4n) is 2.92. The first kappa shape index (κ1) is 15.2. The van der Waals surface area contributed by atoms with Crippen molar-refractivity contribution in [1.29, 1.82) is 0 Å². The molecule has 0 unspecified atom stereocenters. The zero-order chi connectivity index (χ0) is 13.9. The van der Waals surface area contributed by atoms with Crippen LogP contribution in [0, 0.1) is 6.92 Å². The van der Waals surface area contributed by atoms with Gasteiger partial charge in [0.15, 0.2) is 0 Å². The first-order chi connectivity index (χ1) is 9.12. The lowest BCUT2D eigenvalue weighted by Crippen LogP contribution is -2.35. The molecular formula is C14H24ClN3S. The van der Waals surface area contributed by atoms with Crippen molar-refractivity contribution in [2.75, 3.05) is 12.8 Å². The Hall–Kier alpha value is -0.190. The summed E-state index contributed by atoms with van der Waals surface area (Å²) >= 11 is 8.34. The lowest BCUT2D eigenvalue weighted by atomic mass is 10.1. The molecule has 1 aliphatic carbocycles. The van der Waals surface area contributed by atoms with E-state index < -0.39 is 0 Å². The van der Waals surface area contributed by atoms with Crippen LogP contribution < -0.4 is 5.32 Å². The van der Waals surface area contributed by atoms with Crippen molar-refractivity contribution in [2.24, 2.45) is 0 Å². The third-order valence-corrected chi connectivity index (χ3v) is 6.05. The number of hydrogen-bond donors (Lipinski definition) is 1. The van der Waals surface area contributed by atoms with Crippen LogP contribution in [0.5, 0.6) is 0 Å². The number of aromatic nitrogens is 2. The van der Waals surface area contributed by atoms with E-state index in [-0.39, 0.29) is 0 Å². The number of nitrogens with zero attached hydrogens (tertiary/aromatic N) is 2. The minimum atomic E-state index is 0.443. The molecule has 0 amide bonds. The van der Waals surface area contributed by atoms with Gasteiger partial charge in [0.05, 0.1) is 16.4 Å². The summed E-state index contributed by atoms with van der Waals surface area (Å²) in [5.41, 5.74) is 2.05. The number of nitrogens with one attached hydrogen (secondary N) is 1. The van der Waals surface area contributed by atoms with Gasteiger partial charge in [0.1, 0.15) is 0 Å². The van der Waals surface area contributed by atoms with Crippen LogP contribution in [0.2, 0.25) is 5.02 Å². The molecule has 0 spiro atoms. The molecule has 1 N–H and O–H groups in total. The summed E-state index contributed by atoms with van der Waals surface area (Å²) in [5, 5.41) is 8.87. The van der Waals surface area contributed by atoms with Gasteiger partial charge in [-0.05, 0) is 32.9 Å². The van der Waals surface area contributed by atoms with Gasteiger partial charge in [-0.25, -0.2) is 0 Å². The third-order valence-electron chi connectivity index (χ3n) is 4.14. The zero-order valence-corrected chi connectivity index (χ0v) is 13.7. The zero-order valence-electron chi connectivity index (χ0n) is 12.1. The van der Waals surface area contributed by atoms with Crippen LogP contribution in [-0.2, 0) is 13.1 Å². The van der Waals surface area contributed by atoms with E-state index in [1.807, 2.05) is 23.4 Å². The van der Waals surface area contributed by atoms with E-state index in [4.69, 9.17) is 11.6 Å².